The van der Waals surface area contributed by atoms with E-state index in [-0.39, 0.29) is 31.2 Å². The van der Waals surface area contributed by atoms with Gasteiger partial charge in [-0.25, -0.2) is 0 Å². The van der Waals surface area contributed by atoms with Crippen molar-refractivity contribution in [2.24, 2.45) is 11.7 Å². The highest BCUT2D eigenvalue weighted by atomic mass is 16.3. The molecule has 0 amide bonds. The summed E-state index contributed by atoms with van der Waals surface area (Å²) in [7, 11) is 0. The van der Waals surface area contributed by atoms with Crippen LogP contribution in [0.25, 0.3) is 0 Å². The zero-order chi connectivity index (χ0) is 7.56. The SMILES string of the molecule is N[C@@H]1C(CO)NC[C@@H]1CO. The summed E-state index contributed by atoms with van der Waals surface area (Å²) in [5.74, 6) is 0.108. The largest absolute Gasteiger partial charge is 0.396 e. The Morgan fingerprint density at radius 3 is 2.40 bits per heavy atom. The van der Waals surface area contributed by atoms with Gasteiger partial charge in [-0.2, -0.15) is 0 Å². The monoisotopic (exact) mass is 146 g/mol. The summed E-state index contributed by atoms with van der Waals surface area (Å²) in [5, 5.41) is 20.5. The molecule has 4 nitrogen and oxygen atoms in total. The van der Waals surface area contributed by atoms with Crippen LogP contribution in [-0.4, -0.2) is 42.1 Å². The average Bonchev–Trinajstić information content (AvgIpc) is 2.30. The predicted octanol–water partition coefficient (Wildman–Crippen LogP) is -2.11. The summed E-state index contributed by atoms with van der Waals surface area (Å²) in [6.07, 6.45) is 0. The summed E-state index contributed by atoms with van der Waals surface area (Å²) in [4.78, 5) is 0. The summed E-state index contributed by atoms with van der Waals surface area (Å²) < 4.78 is 0. The molecule has 0 saturated carbocycles. The van der Waals surface area contributed by atoms with Crippen LogP contribution in [0.5, 0.6) is 0 Å². The van der Waals surface area contributed by atoms with Gasteiger partial charge in [0.15, 0.2) is 0 Å². The Kier molecular flexibility index (Phi) is 2.62. The zero-order valence-corrected chi connectivity index (χ0v) is 5.83. The Balaban J connectivity index is 2.41. The minimum atomic E-state index is -0.102. The van der Waals surface area contributed by atoms with Crippen LogP contribution < -0.4 is 11.1 Å². The summed E-state index contributed by atoms with van der Waals surface area (Å²) in [5.41, 5.74) is 5.66. The predicted molar refractivity (Wildman–Crippen MR) is 37.4 cm³/mol. The standard InChI is InChI=1S/C6H14N2O2/c7-6-4(2-9)1-8-5(6)3-10/h4-6,8-10H,1-3,7H2/t4-,5?,6+/m1/s1. The van der Waals surface area contributed by atoms with E-state index in [0.717, 1.165) is 0 Å². The Hall–Kier alpha value is -0.160. The number of hydrogen-bond donors (Lipinski definition) is 4. The maximum absolute atomic E-state index is 8.75. The maximum atomic E-state index is 8.75. The average molecular weight is 146 g/mol. The number of aliphatic hydroxyl groups excluding tert-OH is 2. The molecule has 1 saturated heterocycles. The van der Waals surface area contributed by atoms with E-state index in [2.05, 4.69) is 5.32 Å². The number of rotatable bonds is 2. The molecule has 1 unspecified atom stereocenters. The molecule has 0 aromatic heterocycles. The van der Waals surface area contributed by atoms with Crippen molar-refractivity contribution >= 4 is 0 Å². The van der Waals surface area contributed by atoms with Gasteiger partial charge < -0.3 is 21.3 Å². The second-order valence-electron chi connectivity index (χ2n) is 2.72. The van der Waals surface area contributed by atoms with Crippen LogP contribution in [0, 0.1) is 5.92 Å². The molecular weight excluding hydrogens is 132 g/mol. The molecule has 0 radical (unpaired) electrons. The Labute approximate surface area is 60.0 Å². The third-order valence-electron chi connectivity index (χ3n) is 2.08. The van der Waals surface area contributed by atoms with Gasteiger partial charge in [0.2, 0.25) is 0 Å². The van der Waals surface area contributed by atoms with Crippen LogP contribution in [0.15, 0.2) is 0 Å². The lowest BCUT2D eigenvalue weighted by Gasteiger charge is -2.15. The molecule has 60 valence electrons. The van der Waals surface area contributed by atoms with E-state index in [0.29, 0.717) is 6.54 Å². The molecule has 1 rings (SSSR count). The second-order valence-corrected chi connectivity index (χ2v) is 2.72. The van der Waals surface area contributed by atoms with Gasteiger partial charge in [-0.3, -0.25) is 0 Å². The van der Waals surface area contributed by atoms with E-state index >= 15 is 0 Å². The van der Waals surface area contributed by atoms with Crippen LogP contribution in [-0.2, 0) is 0 Å². The number of nitrogens with two attached hydrogens (primary N) is 1. The van der Waals surface area contributed by atoms with E-state index in [9.17, 15) is 0 Å². The Morgan fingerprint density at radius 2 is 2.10 bits per heavy atom. The molecule has 0 aromatic carbocycles. The second kappa shape index (κ2) is 3.30. The zero-order valence-electron chi connectivity index (χ0n) is 5.83. The highest BCUT2D eigenvalue weighted by Crippen LogP contribution is 2.11. The fraction of sp³-hybridized carbons (Fsp3) is 1.00. The molecule has 5 N–H and O–H groups in total. The number of aliphatic hydroxyl groups is 2. The number of hydrogen-bond acceptors (Lipinski definition) is 4. The molecule has 3 atom stereocenters. The molecule has 0 spiro atoms. The van der Waals surface area contributed by atoms with Gasteiger partial charge in [-0.05, 0) is 0 Å². The molecule has 1 aliphatic heterocycles. The lowest BCUT2D eigenvalue weighted by molar-refractivity contribution is 0.206. The topological polar surface area (TPSA) is 78.5 Å². The number of nitrogens with one attached hydrogen (secondary N) is 1. The van der Waals surface area contributed by atoms with Crippen LogP contribution in [0.2, 0.25) is 0 Å². The minimum Gasteiger partial charge on any atom is -0.396 e. The molecular formula is C6H14N2O2. The van der Waals surface area contributed by atoms with Gasteiger partial charge in [0.25, 0.3) is 0 Å². The first-order valence-electron chi connectivity index (χ1n) is 3.50. The molecule has 0 bridgehead atoms. The summed E-state index contributed by atoms with van der Waals surface area (Å²) in [6, 6.07) is -0.132. The quantitative estimate of drug-likeness (QED) is 0.359. The highest BCUT2D eigenvalue weighted by Gasteiger charge is 2.31. The summed E-state index contributed by atoms with van der Waals surface area (Å²) >= 11 is 0. The first-order chi connectivity index (χ1) is 4.79. The van der Waals surface area contributed by atoms with Crippen molar-refractivity contribution in [2.45, 2.75) is 12.1 Å². The van der Waals surface area contributed by atoms with E-state index in [1.165, 1.54) is 0 Å². The van der Waals surface area contributed by atoms with Gasteiger partial charge in [-0.1, -0.05) is 0 Å². The third kappa shape index (κ3) is 1.29. The normalized spacial score (nSPS) is 40.5. The van der Waals surface area contributed by atoms with Crippen molar-refractivity contribution in [3.63, 3.8) is 0 Å². The van der Waals surface area contributed by atoms with Gasteiger partial charge in [0.1, 0.15) is 0 Å². The molecule has 1 fully saturated rings. The molecule has 10 heavy (non-hydrogen) atoms. The third-order valence-corrected chi connectivity index (χ3v) is 2.08. The van der Waals surface area contributed by atoms with Crippen molar-refractivity contribution in [3.05, 3.63) is 0 Å². The smallest absolute Gasteiger partial charge is 0.0599 e. The first-order valence-corrected chi connectivity index (χ1v) is 3.50. The lowest BCUT2D eigenvalue weighted by Crippen LogP contribution is -2.41. The van der Waals surface area contributed by atoms with Crippen molar-refractivity contribution in [3.8, 4) is 0 Å². The van der Waals surface area contributed by atoms with Crippen LogP contribution >= 0.6 is 0 Å². The van der Waals surface area contributed by atoms with Crippen molar-refractivity contribution < 1.29 is 10.2 Å². The maximum Gasteiger partial charge on any atom is 0.0599 e. The molecule has 0 aromatic rings. The molecule has 4 heteroatoms. The summed E-state index contributed by atoms with van der Waals surface area (Å²) in [6.45, 7) is 0.866. The van der Waals surface area contributed by atoms with Crippen LogP contribution in [0.4, 0.5) is 0 Å². The van der Waals surface area contributed by atoms with Crippen LogP contribution in [0.3, 0.4) is 0 Å². The van der Waals surface area contributed by atoms with Gasteiger partial charge in [0, 0.05) is 31.2 Å². The van der Waals surface area contributed by atoms with E-state index in [4.69, 9.17) is 15.9 Å². The van der Waals surface area contributed by atoms with E-state index in [1.807, 2.05) is 0 Å². The van der Waals surface area contributed by atoms with Gasteiger partial charge in [0.05, 0.1) is 6.61 Å². The Bertz CT molecular complexity index is 97.9. The lowest BCUT2D eigenvalue weighted by atomic mass is 10.0. The fourth-order valence-electron chi connectivity index (χ4n) is 1.28. The fourth-order valence-corrected chi connectivity index (χ4v) is 1.28. The Morgan fingerprint density at radius 1 is 1.40 bits per heavy atom. The van der Waals surface area contributed by atoms with Crippen molar-refractivity contribution in [1.82, 2.24) is 5.32 Å². The van der Waals surface area contributed by atoms with Gasteiger partial charge in [-0.15, -0.1) is 0 Å². The minimum absolute atomic E-state index is 0.0304. The molecule has 1 heterocycles. The van der Waals surface area contributed by atoms with Crippen LogP contribution in [0.1, 0.15) is 0 Å². The van der Waals surface area contributed by atoms with Gasteiger partial charge >= 0.3 is 0 Å². The first kappa shape index (κ1) is 7.94. The van der Waals surface area contributed by atoms with Crippen molar-refractivity contribution in [1.29, 1.82) is 0 Å². The molecule has 0 aliphatic carbocycles. The highest BCUT2D eigenvalue weighted by molar-refractivity contribution is 4.92. The molecule has 1 aliphatic rings. The van der Waals surface area contributed by atoms with Crippen molar-refractivity contribution in [2.75, 3.05) is 19.8 Å². The van der Waals surface area contributed by atoms with E-state index < -0.39 is 0 Å². The van der Waals surface area contributed by atoms with E-state index in [1.54, 1.807) is 0 Å².